The number of likely N-dealkylation sites (tertiary alicyclic amines) is 1. The maximum Gasteiger partial charge on any atom is 0.255 e. The first-order chi connectivity index (χ1) is 9.63. The van der Waals surface area contributed by atoms with Crippen LogP contribution in [0.25, 0.3) is 0 Å². The summed E-state index contributed by atoms with van der Waals surface area (Å²) >= 11 is 3.18. The predicted octanol–water partition coefficient (Wildman–Crippen LogP) is 4.63. The van der Waals surface area contributed by atoms with Crippen molar-refractivity contribution >= 4 is 21.8 Å². The Morgan fingerprint density at radius 1 is 1.40 bits per heavy atom. The molecule has 2 rings (SSSR count). The van der Waals surface area contributed by atoms with Gasteiger partial charge in [0.2, 0.25) is 0 Å². The van der Waals surface area contributed by atoms with E-state index in [1.54, 1.807) is 12.1 Å². The lowest BCUT2D eigenvalue weighted by Crippen LogP contribution is -2.32. The van der Waals surface area contributed by atoms with Gasteiger partial charge in [0.1, 0.15) is 5.82 Å². The van der Waals surface area contributed by atoms with Crippen LogP contribution in [0, 0.1) is 11.7 Å². The van der Waals surface area contributed by atoms with E-state index < -0.39 is 0 Å². The molecular formula is C16H21BrFNO. The zero-order valence-electron chi connectivity index (χ0n) is 11.9. The normalized spacial score (nSPS) is 19.8. The summed E-state index contributed by atoms with van der Waals surface area (Å²) in [5, 5.41) is 0. The highest BCUT2D eigenvalue weighted by molar-refractivity contribution is 9.10. The van der Waals surface area contributed by atoms with E-state index in [4.69, 9.17) is 0 Å². The second-order valence-corrected chi connectivity index (χ2v) is 6.27. The molecule has 1 aliphatic rings. The first kappa shape index (κ1) is 15.5. The van der Waals surface area contributed by atoms with Crippen LogP contribution < -0.4 is 0 Å². The lowest BCUT2D eigenvalue weighted by Gasteiger charge is -2.21. The fourth-order valence-electron chi connectivity index (χ4n) is 2.90. The Hall–Kier alpha value is -0.900. The van der Waals surface area contributed by atoms with E-state index in [0.29, 0.717) is 5.56 Å². The minimum atomic E-state index is -0.380. The fraction of sp³-hybridized carbons (Fsp3) is 0.562. The minimum Gasteiger partial charge on any atom is -0.339 e. The second kappa shape index (κ2) is 7.21. The van der Waals surface area contributed by atoms with Gasteiger partial charge in [0.25, 0.3) is 5.91 Å². The number of nitrogens with zero attached hydrogens (tertiary/aromatic N) is 1. The van der Waals surface area contributed by atoms with Gasteiger partial charge in [-0.05, 0) is 53.2 Å². The molecule has 4 heteroatoms. The summed E-state index contributed by atoms with van der Waals surface area (Å²) < 4.78 is 13.8. The maximum absolute atomic E-state index is 13.5. The van der Waals surface area contributed by atoms with Crippen LogP contribution in [0.2, 0.25) is 0 Å². The number of amides is 1. The Morgan fingerprint density at radius 3 is 2.95 bits per heavy atom. The molecule has 0 radical (unpaired) electrons. The van der Waals surface area contributed by atoms with Gasteiger partial charge >= 0.3 is 0 Å². The average Bonchev–Trinajstić information content (AvgIpc) is 2.67. The van der Waals surface area contributed by atoms with Gasteiger partial charge in [0.05, 0.1) is 10.0 Å². The van der Waals surface area contributed by atoms with Gasteiger partial charge in [-0.3, -0.25) is 4.79 Å². The lowest BCUT2D eigenvalue weighted by molar-refractivity contribution is 0.0758. The van der Waals surface area contributed by atoms with Crippen molar-refractivity contribution in [2.75, 3.05) is 13.1 Å². The van der Waals surface area contributed by atoms with Crippen molar-refractivity contribution in [3.63, 3.8) is 0 Å². The van der Waals surface area contributed by atoms with Crippen LogP contribution in [0.1, 0.15) is 49.4 Å². The highest BCUT2D eigenvalue weighted by Crippen LogP contribution is 2.25. The zero-order chi connectivity index (χ0) is 14.5. The van der Waals surface area contributed by atoms with Gasteiger partial charge in [-0.2, -0.15) is 0 Å². The summed E-state index contributed by atoms with van der Waals surface area (Å²) in [5.74, 6) is 0.289. The van der Waals surface area contributed by atoms with Gasteiger partial charge in [-0.1, -0.05) is 25.8 Å². The number of carbonyl (C=O) groups is 1. The maximum atomic E-state index is 13.5. The molecule has 1 aromatic rings. The minimum absolute atomic E-state index is 0.0616. The van der Waals surface area contributed by atoms with Gasteiger partial charge in [0.15, 0.2) is 0 Å². The summed E-state index contributed by atoms with van der Waals surface area (Å²) in [5.41, 5.74) is 0.430. The number of hydrogen-bond acceptors (Lipinski definition) is 1. The first-order valence-corrected chi connectivity index (χ1v) is 8.16. The summed E-state index contributed by atoms with van der Waals surface area (Å²) in [6, 6.07) is 4.63. The molecule has 2 nitrogen and oxygen atoms in total. The van der Waals surface area contributed by atoms with Crippen LogP contribution in [0.5, 0.6) is 0 Å². The molecular weight excluding hydrogens is 321 g/mol. The van der Waals surface area contributed by atoms with E-state index in [1.165, 1.54) is 25.3 Å². The summed E-state index contributed by atoms with van der Waals surface area (Å²) in [7, 11) is 0. The van der Waals surface area contributed by atoms with Crippen molar-refractivity contribution in [3.8, 4) is 0 Å². The van der Waals surface area contributed by atoms with Crippen molar-refractivity contribution in [1.29, 1.82) is 0 Å². The standard InChI is InChI=1S/C16H21BrFNO/c1-2-5-12-6-4-10-19(11-9-12)16(20)13-7-3-8-14(18)15(13)17/h3,7-8,12H,2,4-6,9-11H2,1H3. The number of rotatable bonds is 3. The smallest absolute Gasteiger partial charge is 0.255 e. The molecule has 0 aromatic heterocycles. The third-order valence-electron chi connectivity index (χ3n) is 4.01. The molecule has 1 unspecified atom stereocenters. The van der Waals surface area contributed by atoms with E-state index in [0.717, 1.165) is 31.8 Å². The Bertz CT molecular complexity index is 478. The van der Waals surface area contributed by atoms with E-state index in [2.05, 4.69) is 22.9 Å². The molecule has 1 aromatic carbocycles. The Kier molecular flexibility index (Phi) is 5.58. The molecule has 110 valence electrons. The molecule has 0 saturated carbocycles. The van der Waals surface area contributed by atoms with Crippen molar-refractivity contribution in [2.45, 2.75) is 39.0 Å². The third kappa shape index (κ3) is 3.60. The van der Waals surface area contributed by atoms with Crippen molar-refractivity contribution in [1.82, 2.24) is 4.90 Å². The average molecular weight is 342 g/mol. The monoisotopic (exact) mass is 341 g/mol. The van der Waals surface area contributed by atoms with Crippen LogP contribution in [-0.2, 0) is 0 Å². The van der Waals surface area contributed by atoms with Crippen molar-refractivity contribution in [2.24, 2.45) is 5.92 Å². The molecule has 1 fully saturated rings. The summed E-state index contributed by atoms with van der Waals surface area (Å²) in [6.07, 6.45) is 5.75. The van der Waals surface area contributed by atoms with Gasteiger partial charge in [0, 0.05) is 13.1 Å². The Labute approximate surface area is 128 Å². The zero-order valence-corrected chi connectivity index (χ0v) is 13.5. The van der Waals surface area contributed by atoms with Gasteiger partial charge in [-0.25, -0.2) is 4.39 Å². The molecule has 1 aliphatic heterocycles. The first-order valence-electron chi connectivity index (χ1n) is 7.36. The number of carbonyl (C=O) groups excluding carboxylic acids is 1. The molecule has 0 N–H and O–H groups in total. The molecule has 1 saturated heterocycles. The Morgan fingerprint density at radius 2 is 2.20 bits per heavy atom. The lowest BCUT2D eigenvalue weighted by atomic mass is 9.96. The number of halogens is 2. The van der Waals surface area contributed by atoms with Crippen molar-refractivity contribution < 1.29 is 9.18 Å². The van der Waals surface area contributed by atoms with E-state index >= 15 is 0 Å². The molecule has 1 heterocycles. The molecule has 1 atom stereocenters. The summed E-state index contributed by atoms with van der Waals surface area (Å²) in [4.78, 5) is 14.4. The van der Waals surface area contributed by atoms with Crippen LogP contribution in [-0.4, -0.2) is 23.9 Å². The van der Waals surface area contributed by atoms with Gasteiger partial charge < -0.3 is 4.90 Å². The number of benzene rings is 1. The van der Waals surface area contributed by atoms with Crippen LogP contribution >= 0.6 is 15.9 Å². The third-order valence-corrected chi connectivity index (χ3v) is 4.82. The topological polar surface area (TPSA) is 20.3 Å². The highest BCUT2D eigenvalue weighted by Gasteiger charge is 2.23. The highest BCUT2D eigenvalue weighted by atomic mass is 79.9. The molecule has 0 spiro atoms. The quantitative estimate of drug-likeness (QED) is 0.784. The van der Waals surface area contributed by atoms with Gasteiger partial charge in [-0.15, -0.1) is 0 Å². The molecule has 0 aliphatic carbocycles. The largest absolute Gasteiger partial charge is 0.339 e. The Balaban J connectivity index is 2.07. The second-order valence-electron chi connectivity index (χ2n) is 5.48. The van der Waals surface area contributed by atoms with Crippen LogP contribution in [0.4, 0.5) is 4.39 Å². The SMILES string of the molecule is CCCC1CCCN(C(=O)c2cccc(F)c2Br)CC1. The molecule has 0 bridgehead atoms. The van der Waals surface area contributed by atoms with Crippen LogP contribution in [0.3, 0.4) is 0 Å². The van der Waals surface area contributed by atoms with E-state index in [-0.39, 0.29) is 16.2 Å². The molecule has 1 amide bonds. The van der Waals surface area contributed by atoms with Crippen molar-refractivity contribution in [3.05, 3.63) is 34.1 Å². The fourth-order valence-corrected chi connectivity index (χ4v) is 3.34. The summed E-state index contributed by atoms with van der Waals surface area (Å²) in [6.45, 7) is 3.77. The van der Waals surface area contributed by atoms with Crippen LogP contribution in [0.15, 0.2) is 22.7 Å². The molecule has 20 heavy (non-hydrogen) atoms. The predicted molar refractivity (Wildman–Crippen MR) is 82.3 cm³/mol. The van der Waals surface area contributed by atoms with E-state index in [9.17, 15) is 9.18 Å². The number of hydrogen-bond donors (Lipinski definition) is 0. The van der Waals surface area contributed by atoms with E-state index in [1.807, 2.05) is 4.90 Å².